The molecule has 1 aliphatic carbocycles. The standard InChI is InChI=1S/C68H106N5O34P/c1-29(2)14-13-16-30(3)17-18-32(5)21-24-68(9,10)23-12-11-15-31(4)22-25-95-40(61(90)91)28-97-108(93,94)107-66-58(55(106-67(70)92)52(87)56(103-66)59(69)88)105-63-43(72-35(8)76)46(81)54(39(100-63)27-96-64-50(85)47(82)44(79)38(26-74)99-64)102-62-42(71-34(7)75)45(80)53(33(6)98-62)101-65-51(86)48(83)49(84)57(104-65)60(89)73-41-36(77)19-20-37(41)78/h12,14,17,22-23,33,38-40,42-58,62-66,74,77,79-87H,5,11,13,15-16,18-21,24-28H2,1-4,6-10H3,(H2,69,88)(H2,70,92)(H,71,75)(H,72,76)(H,73,89)(H,90,91)(H,93,94)/b23-12+,30-17+,31-22-/t33-,38-,39+,40-,42-,43+,44+,45-,46-,47+,48+,49-,50-,51-,52-,53-,54-,55+,56-,57-,58-,62+,63-,64-,65-,66-/m1/s1. The maximum atomic E-state index is 14.0. The summed E-state index contributed by atoms with van der Waals surface area (Å²) in [6.07, 6.45) is -37.6. The summed E-state index contributed by atoms with van der Waals surface area (Å²) in [4.78, 5) is 101. The van der Waals surface area contributed by atoms with E-state index in [1.807, 2.05) is 6.08 Å². The van der Waals surface area contributed by atoms with Gasteiger partial charge in [-0.25, -0.2) is 14.2 Å². The first-order valence-electron chi connectivity index (χ1n) is 35.0. The van der Waals surface area contributed by atoms with Crippen LogP contribution in [0.2, 0.25) is 0 Å². The number of carbonyl (C=O) groups is 7. The summed E-state index contributed by atoms with van der Waals surface area (Å²) in [6.45, 7) is 16.0. The van der Waals surface area contributed by atoms with Gasteiger partial charge in [0.1, 0.15) is 103 Å². The Hall–Kier alpha value is -6.16. The summed E-state index contributed by atoms with van der Waals surface area (Å²) in [5, 5.41) is 139. The van der Waals surface area contributed by atoms with E-state index in [1.54, 1.807) is 13.0 Å². The van der Waals surface area contributed by atoms with E-state index in [4.69, 9.17) is 72.6 Å². The third-order valence-electron chi connectivity index (χ3n) is 18.5. The molecule has 0 saturated carbocycles. The predicted molar refractivity (Wildman–Crippen MR) is 367 cm³/mol. The summed E-state index contributed by atoms with van der Waals surface area (Å²) >= 11 is 0. The Bertz CT molecular complexity index is 3310. The Morgan fingerprint density at radius 2 is 1.24 bits per heavy atom. The molecule has 39 nitrogen and oxygen atoms in total. The van der Waals surface area contributed by atoms with E-state index in [0.29, 0.717) is 12.8 Å². The van der Waals surface area contributed by atoms with Crippen LogP contribution >= 0.6 is 7.82 Å². The molecule has 40 heteroatoms. The number of ether oxygens (including phenoxy) is 11. The average molecular weight is 1570 g/mol. The van der Waals surface area contributed by atoms with Crippen molar-refractivity contribution in [1.82, 2.24) is 16.0 Å². The Morgan fingerprint density at radius 1 is 0.667 bits per heavy atom. The van der Waals surface area contributed by atoms with Gasteiger partial charge in [-0.1, -0.05) is 73.1 Å². The number of Topliss-reactive ketones (excluding diaryl/α,β-unsaturated/α-hetero) is 1. The lowest BCUT2D eigenvalue weighted by atomic mass is 9.85. The van der Waals surface area contributed by atoms with Gasteiger partial charge >= 0.3 is 19.9 Å². The monoisotopic (exact) mass is 1570 g/mol. The number of nitrogens with two attached hydrogens (primary N) is 2. The molecule has 0 bridgehead atoms. The van der Waals surface area contributed by atoms with Crippen LogP contribution in [0.4, 0.5) is 4.79 Å². The zero-order valence-corrected chi connectivity index (χ0v) is 62.2. The molecule has 20 N–H and O–H groups in total. The van der Waals surface area contributed by atoms with Gasteiger partial charge in [0.2, 0.25) is 17.7 Å². The molecule has 0 aromatic carbocycles. The van der Waals surface area contributed by atoms with Gasteiger partial charge in [0.25, 0.3) is 5.91 Å². The molecule has 5 aliphatic heterocycles. The van der Waals surface area contributed by atoms with Crippen molar-refractivity contribution in [3.63, 3.8) is 0 Å². The number of nitrogens with one attached hydrogen (secondary N) is 3. The lowest BCUT2D eigenvalue weighted by Gasteiger charge is -2.50. The number of aliphatic hydroxyl groups excluding tert-OH is 11. The molecular formula is C68H106N5O34P. The summed E-state index contributed by atoms with van der Waals surface area (Å²) < 4.78 is 88.4. The first-order valence-corrected chi connectivity index (χ1v) is 36.5. The molecule has 612 valence electrons. The maximum Gasteiger partial charge on any atom is 0.474 e. The summed E-state index contributed by atoms with van der Waals surface area (Å²) in [6, 6.07) is -3.98. The molecular weight excluding hydrogens is 1460 g/mol. The number of ketones is 1. The number of hydrogen-bond donors (Lipinski definition) is 18. The fourth-order valence-corrected chi connectivity index (χ4v) is 13.2. The summed E-state index contributed by atoms with van der Waals surface area (Å²) in [5.41, 5.74) is 14.8. The van der Waals surface area contributed by atoms with Crippen molar-refractivity contribution in [2.45, 2.75) is 280 Å². The number of phosphoric acid groups is 1. The number of aliphatic carboxylic acids is 1. The number of carboxylic acids is 1. The molecule has 0 aromatic heterocycles. The Kier molecular flexibility index (Phi) is 34.3. The number of amides is 5. The van der Waals surface area contributed by atoms with Crippen LogP contribution in [0, 0.1) is 5.41 Å². The van der Waals surface area contributed by atoms with E-state index < -0.39 is 240 Å². The van der Waals surface area contributed by atoms with E-state index in [0.717, 1.165) is 57.1 Å². The Labute approximate surface area is 622 Å². The number of allylic oxidation sites excluding steroid dienone is 10. The topological polar surface area (TPSA) is 608 Å². The minimum absolute atomic E-state index is 0.127. The van der Waals surface area contributed by atoms with Gasteiger partial charge in [-0.3, -0.25) is 33.0 Å². The molecule has 6 rings (SSSR count). The summed E-state index contributed by atoms with van der Waals surface area (Å²) in [7, 11) is -5.83. The molecule has 0 radical (unpaired) electrons. The normalized spacial score (nSPS) is 35.1. The van der Waals surface area contributed by atoms with Crippen molar-refractivity contribution < 1.29 is 165 Å². The van der Waals surface area contributed by atoms with Crippen LogP contribution in [0.3, 0.4) is 0 Å². The highest BCUT2D eigenvalue weighted by Gasteiger charge is 2.59. The Balaban J connectivity index is 1.23. The highest BCUT2D eigenvalue weighted by molar-refractivity contribution is 7.47. The zero-order valence-electron chi connectivity index (χ0n) is 61.3. The quantitative estimate of drug-likeness (QED) is 0.0227. The smallest absolute Gasteiger partial charge is 0.474 e. The van der Waals surface area contributed by atoms with Crippen molar-refractivity contribution in [3.8, 4) is 0 Å². The van der Waals surface area contributed by atoms with Crippen molar-refractivity contribution in [2.75, 3.05) is 26.4 Å². The van der Waals surface area contributed by atoms with Gasteiger partial charge < -0.3 is 146 Å². The minimum atomic E-state index is -5.83. The lowest BCUT2D eigenvalue weighted by molar-refractivity contribution is -0.371. The molecule has 5 amide bonds. The van der Waals surface area contributed by atoms with Gasteiger partial charge in [-0.15, -0.1) is 0 Å². The Morgan fingerprint density at radius 3 is 1.83 bits per heavy atom. The zero-order chi connectivity index (χ0) is 80.6. The molecule has 0 aromatic rings. The predicted octanol–water partition coefficient (Wildman–Crippen LogP) is -2.42. The highest BCUT2D eigenvalue weighted by Crippen LogP contribution is 2.48. The third kappa shape index (κ3) is 25.4. The van der Waals surface area contributed by atoms with Crippen LogP contribution in [-0.2, 0) is 94.5 Å². The molecule has 1 unspecified atom stereocenters. The van der Waals surface area contributed by atoms with E-state index in [1.165, 1.54) is 18.1 Å². The largest absolute Gasteiger partial charge is 0.510 e. The number of carboxylic acid groups (broad SMARTS) is 1. The van der Waals surface area contributed by atoms with Gasteiger partial charge in [0.15, 0.2) is 67.8 Å². The fourth-order valence-electron chi connectivity index (χ4n) is 12.3. The third-order valence-corrected chi connectivity index (χ3v) is 19.5. The first-order chi connectivity index (χ1) is 50.5. The second-order valence-electron chi connectivity index (χ2n) is 28.2. The van der Waals surface area contributed by atoms with Gasteiger partial charge in [-0.05, 0) is 85.0 Å². The molecule has 27 atom stereocenters. The van der Waals surface area contributed by atoms with Crippen molar-refractivity contribution in [1.29, 1.82) is 0 Å². The van der Waals surface area contributed by atoms with E-state index in [2.05, 4.69) is 75.4 Å². The SMILES string of the molecule is C=C(C/C=C(\C)CCC=C(C)C)CCC(C)(C)/C=C/CC/C(C)=C\CO[C@H](COP(=O)(O)O[C@H]1O[C@@H](C(N)=O)[C@H](O)[C@H](OC(N)=O)[C@H]1O[C@H]1O[C@@H](CO[C@@H]2O[C@H](CO)[C@H](O)[C@H](O)[C@H]2O)[C@@H](O[C@@H]2O[C@H](C)[C@@H](O[C@@H]3O[C@@H](C(=O)NC4=C(O)CCC4=O)[C@H](O)[C@H](O)[C@H]3O)[C@H](O)[C@H]2NC(C)=O)[C@H](O)[C@@H]1NC(C)=O)C(=O)O. The van der Waals surface area contributed by atoms with E-state index in [9.17, 15) is 104 Å². The van der Waals surface area contributed by atoms with Crippen LogP contribution < -0.4 is 27.4 Å². The van der Waals surface area contributed by atoms with Crippen molar-refractivity contribution in [2.24, 2.45) is 16.9 Å². The molecule has 0 spiro atoms. The van der Waals surface area contributed by atoms with Crippen LogP contribution in [0.1, 0.15) is 120 Å². The second kappa shape index (κ2) is 40.9. The van der Waals surface area contributed by atoms with E-state index >= 15 is 0 Å². The van der Waals surface area contributed by atoms with E-state index in [-0.39, 0.29) is 24.9 Å². The minimum Gasteiger partial charge on any atom is -0.510 e. The number of rotatable bonds is 37. The van der Waals surface area contributed by atoms with Crippen LogP contribution in [0.25, 0.3) is 0 Å². The maximum absolute atomic E-state index is 14.0. The van der Waals surface area contributed by atoms with Crippen molar-refractivity contribution >= 4 is 49.3 Å². The number of primary amides is 2. The van der Waals surface area contributed by atoms with Crippen LogP contribution in [-0.4, -0.2) is 294 Å². The van der Waals surface area contributed by atoms with Crippen LogP contribution in [0.5, 0.6) is 0 Å². The molecule has 5 saturated heterocycles. The lowest BCUT2D eigenvalue weighted by Crippen LogP contribution is -2.71. The first kappa shape index (κ1) is 90.7. The highest BCUT2D eigenvalue weighted by atomic mass is 31.2. The second-order valence-corrected chi connectivity index (χ2v) is 29.6. The number of hydrogen-bond acceptors (Lipinski definition) is 32. The van der Waals surface area contributed by atoms with Gasteiger partial charge in [-0.2, -0.15) is 0 Å². The van der Waals surface area contributed by atoms with Gasteiger partial charge in [0, 0.05) is 26.7 Å². The molecule has 6 aliphatic rings. The average Bonchev–Trinajstić information content (AvgIpc) is 0.801. The number of phosphoric ester groups is 1. The molecule has 5 heterocycles. The molecule has 108 heavy (non-hydrogen) atoms. The van der Waals surface area contributed by atoms with Gasteiger partial charge in [0.05, 0.1) is 32.5 Å². The number of carbonyl (C=O) groups excluding carboxylic acids is 6. The van der Waals surface area contributed by atoms with Crippen LogP contribution in [0.15, 0.2) is 70.7 Å². The summed E-state index contributed by atoms with van der Waals surface area (Å²) in [5.74, 6) is -7.64. The number of aliphatic hydroxyl groups is 11. The fraction of sp³-hybridized carbons (Fsp3) is 0.721. The molecule has 5 fully saturated rings. The van der Waals surface area contributed by atoms with Crippen molar-refractivity contribution in [3.05, 3.63) is 70.7 Å².